The molecule has 1 spiro atoms. The van der Waals surface area contributed by atoms with E-state index in [4.69, 9.17) is 30.8 Å². The van der Waals surface area contributed by atoms with E-state index in [-0.39, 0.29) is 46.7 Å². The number of aliphatic carboxylic acids is 2. The van der Waals surface area contributed by atoms with Crippen LogP contribution in [0.5, 0.6) is 5.75 Å². The Kier molecular flexibility index (Phi) is 7.96. The lowest BCUT2D eigenvalue weighted by atomic mass is 9.47. The van der Waals surface area contributed by atoms with Crippen LogP contribution in [-0.4, -0.2) is 62.9 Å². The number of hydrogen-bond acceptors (Lipinski definition) is 8. The Labute approximate surface area is 294 Å². The summed E-state index contributed by atoms with van der Waals surface area (Å²) in [5.41, 5.74) is 2.22. The number of carboxylic acid groups (broad SMARTS) is 2. The molecule has 7 aliphatic rings. The van der Waals surface area contributed by atoms with Crippen LogP contribution in [0.1, 0.15) is 68.2 Å². The first-order chi connectivity index (χ1) is 23.9. The molecule has 0 radical (unpaired) electrons. The number of aliphatic hydroxyl groups is 1. The van der Waals surface area contributed by atoms with Crippen LogP contribution in [0.25, 0.3) is 11.6 Å². The number of β-lactam (4-membered cyclic amide) rings is 1. The molecule has 3 N–H and O–H groups in total. The largest absolute Gasteiger partial charge is 0.487 e. The molecule has 4 bridgehead atoms. The van der Waals surface area contributed by atoms with E-state index in [9.17, 15) is 29.7 Å². The van der Waals surface area contributed by atoms with Crippen molar-refractivity contribution in [3.05, 3.63) is 75.4 Å². The van der Waals surface area contributed by atoms with Crippen LogP contribution >= 0.6 is 11.6 Å². The zero-order valence-electron chi connectivity index (χ0n) is 28.0. The fourth-order valence-corrected chi connectivity index (χ4v) is 10.8. The summed E-state index contributed by atoms with van der Waals surface area (Å²) in [6.07, 6.45) is 7.05. The fraction of sp³-hybridized carbons (Fsp3) is 0.500. The summed E-state index contributed by atoms with van der Waals surface area (Å²) in [6, 6.07) is 10.3. The number of methoxy groups -OCH3 is 1. The SMILES string of the molecule is COC1(c2ccc(/C=C/C(=O)O)c(OCc3ccc(C4=C(C(=O)O)N5C(=O)[C@H]([C@@H](C)O)[C@H]5[C@H]4C)cc3)c2Cl)OOC12C1CC3CC(C1)CC2C3. The Balaban J connectivity index is 1.09. The van der Waals surface area contributed by atoms with E-state index < -0.39 is 41.4 Å². The van der Waals surface area contributed by atoms with Crippen molar-refractivity contribution < 1.29 is 49.0 Å². The average molecular weight is 706 g/mol. The van der Waals surface area contributed by atoms with Gasteiger partial charge in [-0.3, -0.25) is 4.79 Å². The minimum Gasteiger partial charge on any atom is -0.487 e. The number of halogens is 1. The van der Waals surface area contributed by atoms with Gasteiger partial charge in [-0.1, -0.05) is 54.9 Å². The van der Waals surface area contributed by atoms with Crippen LogP contribution in [0, 0.1) is 35.5 Å². The molecule has 6 fully saturated rings. The summed E-state index contributed by atoms with van der Waals surface area (Å²) in [6.45, 7) is 3.49. The third kappa shape index (κ3) is 4.60. The van der Waals surface area contributed by atoms with Crippen molar-refractivity contribution in [2.24, 2.45) is 35.5 Å². The smallest absolute Gasteiger partial charge is 0.352 e. The number of rotatable bonds is 10. The number of amides is 1. The lowest BCUT2D eigenvalue weighted by molar-refractivity contribution is -0.645. The van der Waals surface area contributed by atoms with Crippen molar-refractivity contribution in [2.45, 2.75) is 76.1 Å². The number of hydrogen-bond donors (Lipinski definition) is 3. The standard InChI is InChI=1S/C38H40ClNO10/c1-18-29(33(36(45)46)40-32(18)30(19(2)41)35(40)44)23-6-4-20(5-7-23)17-48-34-24(9-11-28(42)43)8-10-27(31(34)39)38(47-3)37(49-50-38)25-13-21-12-22(15-25)16-26(37)14-21/h4-11,18-19,21-22,25-26,30,32,41H,12-17H2,1-3H3,(H,42,43)(H,45,46)/b11-9+/t18-,19+,21?,22?,25?,26?,30+,32+,37?,38?/m0/s1. The molecule has 4 aliphatic carbocycles. The van der Waals surface area contributed by atoms with Crippen LogP contribution < -0.4 is 4.74 Å². The predicted molar refractivity (Wildman–Crippen MR) is 179 cm³/mol. The Morgan fingerprint density at radius 2 is 1.70 bits per heavy atom. The Morgan fingerprint density at radius 3 is 2.24 bits per heavy atom. The highest BCUT2D eigenvalue weighted by Gasteiger charge is 2.77. The number of ether oxygens (including phenoxy) is 2. The Bertz CT molecular complexity index is 1800. The molecule has 4 saturated carbocycles. The molecule has 5 atom stereocenters. The molecule has 0 aromatic heterocycles. The molecule has 1 unspecified atom stereocenters. The maximum absolute atomic E-state index is 12.8. The normalized spacial score (nSPS) is 35.7. The van der Waals surface area contributed by atoms with Gasteiger partial charge in [0.2, 0.25) is 5.91 Å². The molecule has 9 rings (SSSR count). The van der Waals surface area contributed by atoms with Gasteiger partial charge in [-0.25, -0.2) is 14.5 Å². The van der Waals surface area contributed by atoms with Crippen molar-refractivity contribution in [3.8, 4) is 5.75 Å². The van der Waals surface area contributed by atoms with Gasteiger partial charge in [0.25, 0.3) is 5.79 Å². The number of aliphatic hydroxyl groups excluding tert-OH is 1. The number of fused-ring (bicyclic) bond motifs is 1. The number of carbonyl (C=O) groups is 3. The van der Waals surface area contributed by atoms with Crippen LogP contribution in [0.4, 0.5) is 0 Å². The molecule has 12 heteroatoms. The quantitative estimate of drug-likeness (QED) is 0.161. The van der Waals surface area contributed by atoms with Crippen LogP contribution in [0.3, 0.4) is 0 Å². The zero-order valence-corrected chi connectivity index (χ0v) is 28.8. The summed E-state index contributed by atoms with van der Waals surface area (Å²) in [4.78, 5) is 50.0. The van der Waals surface area contributed by atoms with Gasteiger partial charge >= 0.3 is 11.9 Å². The minimum atomic E-state index is -1.25. The van der Waals surface area contributed by atoms with Gasteiger partial charge in [-0.05, 0) is 85.5 Å². The summed E-state index contributed by atoms with van der Waals surface area (Å²) in [5, 5.41) is 29.9. The molecular formula is C38H40ClNO10. The lowest BCUT2D eigenvalue weighted by Gasteiger charge is -2.68. The molecule has 11 nitrogen and oxygen atoms in total. The summed E-state index contributed by atoms with van der Waals surface area (Å²) in [7, 11) is 1.60. The number of carboxylic acids is 2. The molecule has 2 aromatic carbocycles. The highest BCUT2D eigenvalue weighted by molar-refractivity contribution is 6.33. The van der Waals surface area contributed by atoms with E-state index in [2.05, 4.69) is 0 Å². The molecule has 50 heavy (non-hydrogen) atoms. The first kappa shape index (κ1) is 33.4. The average Bonchev–Trinajstić information content (AvgIpc) is 3.32. The number of nitrogens with zero attached hydrogens (tertiary/aromatic N) is 1. The predicted octanol–water partition coefficient (Wildman–Crippen LogP) is 5.63. The Morgan fingerprint density at radius 1 is 1.04 bits per heavy atom. The number of benzene rings is 2. The second-order valence-corrected chi connectivity index (χ2v) is 15.3. The Hall–Kier alpha value is -3.74. The van der Waals surface area contributed by atoms with E-state index in [1.807, 2.05) is 19.1 Å². The molecule has 1 amide bonds. The van der Waals surface area contributed by atoms with E-state index in [0.717, 1.165) is 37.3 Å². The summed E-state index contributed by atoms with van der Waals surface area (Å²) >= 11 is 7.19. The van der Waals surface area contributed by atoms with Gasteiger partial charge in [-0.15, -0.1) is 0 Å². The van der Waals surface area contributed by atoms with Crippen molar-refractivity contribution in [2.75, 3.05) is 7.11 Å². The highest BCUT2D eigenvalue weighted by Crippen LogP contribution is 2.70. The second kappa shape index (κ2) is 11.9. The van der Waals surface area contributed by atoms with Crippen LogP contribution in [0.15, 0.2) is 48.2 Å². The lowest BCUT2D eigenvalue weighted by Crippen LogP contribution is -2.76. The van der Waals surface area contributed by atoms with Gasteiger partial charge in [-0.2, -0.15) is 4.89 Å². The molecule has 264 valence electrons. The first-order valence-electron chi connectivity index (χ1n) is 17.3. The topological polar surface area (TPSA) is 152 Å². The van der Waals surface area contributed by atoms with Gasteiger partial charge in [0, 0.05) is 30.2 Å². The van der Waals surface area contributed by atoms with E-state index >= 15 is 0 Å². The minimum absolute atomic E-state index is 0.0574. The van der Waals surface area contributed by atoms with Crippen molar-refractivity contribution in [1.29, 1.82) is 0 Å². The molecule has 3 heterocycles. The van der Waals surface area contributed by atoms with Crippen LogP contribution in [0.2, 0.25) is 5.02 Å². The summed E-state index contributed by atoms with van der Waals surface area (Å²) < 4.78 is 12.6. The van der Waals surface area contributed by atoms with Crippen molar-refractivity contribution in [3.63, 3.8) is 0 Å². The van der Waals surface area contributed by atoms with Gasteiger partial charge < -0.3 is 29.7 Å². The van der Waals surface area contributed by atoms with E-state index in [1.54, 1.807) is 38.3 Å². The van der Waals surface area contributed by atoms with E-state index in [1.165, 1.54) is 17.4 Å². The first-order valence-corrected chi connectivity index (χ1v) is 17.7. The van der Waals surface area contributed by atoms with E-state index in [0.29, 0.717) is 34.1 Å². The third-order valence-corrected chi connectivity index (χ3v) is 12.7. The van der Waals surface area contributed by atoms with Gasteiger partial charge in [0.1, 0.15) is 18.1 Å². The maximum Gasteiger partial charge on any atom is 0.352 e. The van der Waals surface area contributed by atoms with Crippen molar-refractivity contribution >= 4 is 41.1 Å². The fourth-order valence-electron chi connectivity index (χ4n) is 10.5. The maximum atomic E-state index is 12.8. The number of carbonyl (C=O) groups excluding carboxylic acids is 1. The van der Waals surface area contributed by atoms with Crippen molar-refractivity contribution in [1.82, 2.24) is 4.90 Å². The van der Waals surface area contributed by atoms with Gasteiger partial charge in [0.15, 0.2) is 5.60 Å². The monoisotopic (exact) mass is 705 g/mol. The molecule has 3 aliphatic heterocycles. The highest BCUT2D eigenvalue weighted by atomic mass is 35.5. The van der Waals surface area contributed by atoms with Gasteiger partial charge in [0.05, 0.1) is 23.1 Å². The van der Waals surface area contributed by atoms with Crippen LogP contribution in [-0.2, 0) is 41.3 Å². The molecular weight excluding hydrogens is 666 g/mol. The third-order valence-electron chi connectivity index (χ3n) is 12.4. The summed E-state index contributed by atoms with van der Waals surface area (Å²) in [5.74, 6) is -2.73. The molecule has 2 aromatic rings. The second-order valence-electron chi connectivity index (χ2n) is 14.9. The zero-order chi connectivity index (χ0) is 35.3. The molecule has 2 saturated heterocycles.